The zero-order valence-electron chi connectivity index (χ0n) is 8.49. The Hall–Kier alpha value is -1.91. The van der Waals surface area contributed by atoms with Crippen LogP contribution in [0.1, 0.15) is 12.5 Å². The van der Waals surface area contributed by atoms with Gasteiger partial charge in [0.1, 0.15) is 5.75 Å². The highest BCUT2D eigenvalue weighted by molar-refractivity contribution is 5.67. The van der Waals surface area contributed by atoms with E-state index in [0.717, 1.165) is 0 Å². The van der Waals surface area contributed by atoms with Crippen molar-refractivity contribution in [2.45, 2.75) is 13.5 Å². The van der Waals surface area contributed by atoms with Crippen molar-refractivity contribution >= 4 is 11.8 Å². The average Bonchev–Trinajstić information content (AvgIpc) is 2.20. The topological polar surface area (TPSA) is 84.6 Å². The Morgan fingerprint density at radius 3 is 3.00 bits per heavy atom. The van der Waals surface area contributed by atoms with Crippen molar-refractivity contribution in [2.75, 3.05) is 12.3 Å². The average molecular weight is 210 g/mol. The molecule has 1 aromatic rings. The van der Waals surface area contributed by atoms with Gasteiger partial charge >= 0.3 is 6.09 Å². The summed E-state index contributed by atoms with van der Waals surface area (Å²) in [6.45, 7) is 2.22. The van der Waals surface area contributed by atoms with E-state index in [1.807, 2.05) is 0 Å². The molecular weight excluding hydrogens is 196 g/mol. The summed E-state index contributed by atoms with van der Waals surface area (Å²) in [5.41, 5.74) is 6.63. The molecule has 0 radical (unpaired) electrons. The largest absolute Gasteiger partial charge is 0.508 e. The van der Waals surface area contributed by atoms with Gasteiger partial charge in [-0.15, -0.1) is 0 Å². The first-order valence-corrected chi connectivity index (χ1v) is 4.61. The second kappa shape index (κ2) is 5.09. The number of carbonyl (C=O) groups excluding carboxylic acids is 1. The molecule has 0 aliphatic rings. The number of hydrogen-bond donors (Lipinski definition) is 3. The quantitative estimate of drug-likeness (QED) is 0.517. The maximum absolute atomic E-state index is 11.0. The molecule has 15 heavy (non-hydrogen) atoms. The number of carbonyl (C=O) groups is 1. The van der Waals surface area contributed by atoms with E-state index in [0.29, 0.717) is 17.9 Å². The van der Waals surface area contributed by atoms with Crippen LogP contribution in [0.25, 0.3) is 0 Å². The molecule has 0 heterocycles. The van der Waals surface area contributed by atoms with Gasteiger partial charge in [-0.1, -0.05) is 0 Å². The van der Waals surface area contributed by atoms with Crippen LogP contribution in [0.15, 0.2) is 18.2 Å². The number of rotatable bonds is 3. The minimum absolute atomic E-state index is 0.0981. The number of benzene rings is 1. The van der Waals surface area contributed by atoms with Gasteiger partial charge in [0.2, 0.25) is 0 Å². The first kappa shape index (κ1) is 11.2. The molecule has 1 amide bonds. The molecular formula is C10H14N2O3. The molecule has 82 valence electrons. The molecule has 1 aromatic carbocycles. The lowest BCUT2D eigenvalue weighted by atomic mass is 10.2. The Kier molecular flexibility index (Phi) is 3.79. The second-order valence-corrected chi connectivity index (χ2v) is 2.96. The van der Waals surface area contributed by atoms with Crippen molar-refractivity contribution < 1.29 is 14.6 Å². The molecule has 5 nitrogen and oxygen atoms in total. The normalized spacial score (nSPS) is 9.67. The number of nitrogens with one attached hydrogen (secondary N) is 1. The van der Waals surface area contributed by atoms with Crippen molar-refractivity contribution in [3.05, 3.63) is 23.8 Å². The van der Waals surface area contributed by atoms with Crippen molar-refractivity contribution in [1.82, 2.24) is 5.32 Å². The van der Waals surface area contributed by atoms with Gasteiger partial charge in [-0.05, 0) is 25.1 Å². The number of alkyl carbamates (subject to hydrolysis) is 1. The van der Waals surface area contributed by atoms with E-state index in [9.17, 15) is 9.90 Å². The summed E-state index contributed by atoms with van der Waals surface area (Å²) < 4.78 is 4.67. The van der Waals surface area contributed by atoms with E-state index in [1.54, 1.807) is 19.1 Å². The van der Waals surface area contributed by atoms with E-state index in [4.69, 9.17) is 5.73 Å². The zero-order chi connectivity index (χ0) is 11.3. The number of phenols is 1. The predicted molar refractivity (Wildman–Crippen MR) is 56.4 cm³/mol. The van der Waals surface area contributed by atoms with Crippen molar-refractivity contribution in [1.29, 1.82) is 0 Å². The van der Waals surface area contributed by atoms with Crippen LogP contribution >= 0.6 is 0 Å². The summed E-state index contributed by atoms with van der Waals surface area (Å²) in [6, 6.07) is 4.67. The van der Waals surface area contributed by atoms with Crippen molar-refractivity contribution in [3.63, 3.8) is 0 Å². The van der Waals surface area contributed by atoms with Crippen molar-refractivity contribution in [2.24, 2.45) is 0 Å². The lowest BCUT2D eigenvalue weighted by molar-refractivity contribution is 0.151. The number of amides is 1. The summed E-state index contributed by atoms with van der Waals surface area (Å²) in [7, 11) is 0. The number of nitrogen functional groups attached to an aromatic ring is 1. The Bertz CT molecular complexity index is 353. The van der Waals surface area contributed by atoms with Crippen LogP contribution in [0.2, 0.25) is 0 Å². The van der Waals surface area contributed by atoms with Crippen LogP contribution in [-0.4, -0.2) is 17.8 Å². The first-order valence-electron chi connectivity index (χ1n) is 4.61. The highest BCUT2D eigenvalue weighted by Gasteiger charge is 2.04. The number of hydrogen-bond acceptors (Lipinski definition) is 4. The van der Waals surface area contributed by atoms with Gasteiger partial charge in [-0.25, -0.2) is 4.79 Å². The summed E-state index contributed by atoms with van der Waals surface area (Å²) in [5.74, 6) is 0.0981. The third-order valence-corrected chi connectivity index (χ3v) is 1.80. The zero-order valence-corrected chi connectivity index (χ0v) is 8.49. The Balaban J connectivity index is 2.57. The smallest absolute Gasteiger partial charge is 0.407 e. The minimum Gasteiger partial charge on any atom is -0.508 e. The molecule has 0 spiro atoms. The van der Waals surface area contributed by atoms with Crippen LogP contribution in [0.3, 0.4) is 0 Å². The van der Waals surface area contributed by atoms with Crippen LogP contribution in [0.5, 0.6) is 5.75 Å². The fourth-order valence-corrected chi connectivity index (χ4v) is 1.10. The molecule has 0 fully saturated rings. The lowest BCUT2D eigenvalue weighted by Crippen LogP contribution is -2.23. The third-order valence-electron chi connectivity index (χ3n) is 1.80. The van der Waals surface area contributed by atoms with E-state index in [1.165, 1.54) is 6.07 Å². The number of nitrogens with two attached hydrogens (primary N) is 1. The maximum Gasteiger partial charge on any atom is 0.407 e. The first-order chi connectivity index (χ1) is 7.13. The summed E-state index contributed by atoms with van der Waals surface area (Å²) >= 11 is 0. The SMILES string of the molecule is CCOC(=O)NCc1cc(N)ccc1O. The fourth-order valence-electron chi connectivity index (χ4n) is 1.10. The van der Waals surface area contributed by atoms with Gasteiger partial charge in [0, 0.05) is 17.8 Å². The monoisotopic (exact) mass is 210 g/mol. The van der Waals surface area contributed by atoms with E-state index >= 15 is 0 Å². The van der Waals surface area contributed by atoms with E-state index < -0.39 is 6.09 Å². The van der Waals surface area contributed by atoms with Crippen LogP contribution in [0.4, 0.5) is 10.5 Å². The fraction of sp³-hybridized carbons (Fsp3) is 0.300. The number of aromatic hydroxyl groups is 1. The molecule has 5 heteroatoms. The van der Waals surface area contributed by atoms with E-state index in [-0.39, 0.29) is 12.3 Å². The molecule has 4 N–H and O–H groups in total. The van der Waals surface area contributed by atoms with Gasteiger partial charge < -0.3 is 20.9 Å². The Labute approximate surface area is 87.9 Å². The molecule has 0 aromatic heterocycles. The highest BCUT2D eigenvalue weighted by Crippen LogP contribution is 2.19. The summed E-state index contributed by atoms with van der Waals surface area (Å²) in [4.78, 5) is 11.0. The molecule has 0 saturated heterocycles. The molecule has 0 atom stereocenters. The standard InChI is InChI=1S/C10H14N2O3/c1-2-15-10(14)12-6-7-5-8(11)3-4-9(7)13/h3-5,13H,2,6,11H2,1H3,(H,12,14). The lowest BCUT2D eigenvalue weighted by Gasteiger charge is -2.07. The van der Waals surface area contributed by atoms with Crippen LogP contribution < -0.4 is 11.1 Å². The van der Waals surface area contributed by atoms with Gasteiger partial charge in [0.15, 0.2) is 0 Å². The molecule has 0 aliphatic carbocycles. The number of phenolic OH excluding ortho intramolecular Hbond substituents is 1. The van der Waals surface area contributed by atoms with Crippen LogP contribution in [0, 0.1) is 0 Å². The Morgan fingerprint density at radius 2 is 2.33 bits per heavy atom. The number of anilines is 1. The summed E-state index contributed by atoms with van der Waals surface area (Å²) in [5, 5.41) is 11.9. The van der Waals surface area contributed by atoms with E-state index in [2.05, 4.69) is 10.1 Å². The minimum atomic E-state index is -0.515. The molecule has 0 aliphatic heterocycles. The van der Waals surface area contributed by atoms with Gasteiger partial charge in [0.05, 0.1) is 6.61 Å². The number of ether oxygens (including phenoxy) is 1. The molecule has 1 rings (SSSR count). The third kappa shape index (κ3) is 3.38. The Morgan fingerprint density at radius 1 is 1.60 bits per heavy atom. The van der Waals surface area contributed by atoms with Gasteiger partial charge in [-0.2, -0.15) is 0 Å². The van der Waals surface area contributed by atoms with Crippen LogP contribution in [-0.2, 0) is 11.3 Å². The molecule has 0 bridgehead atoms. The van der Waals surface area contributed by atoms with Crippen molar-refractivity contribution in [3.8, 4) is 5.75 Å². The highest BCUT2D eigenvalue weighted by atomic mass is 16.5. The summed E-state index contributed by atoms with van der Waals surface area (Å²) in [6.07, 6.45) is -0.515. The predicted octanol–water partition coefficient (Wildman–Crippen LogP) is 1.22. The second-order valence-electron chi connectivity index (χ2n) is 2.96. The van der Waals surface area contributed by atoms with Gasteiger partial charge in [0.25, 0.3) is 0 Å². The molecule has 0 saturated carbocycles. The van der Waals surface area contributed by atoms with Gasteiger partial charge in [-0.3, -0.25) is 0 Å². The maximum atomic E-state index is 11.0. The molecule has 0 unspecified atom stereocenters.